The third-order valence-electron chi connectivity index (χ3n) is 21.8. The minimum absolute atomic E-state index is 0.151. The number of hydrogen-bond acceptors (Lipinski definition) is 9. The lowest BCUT2D eigenvalue weighted by Crippen LogP contribution is -2.37. The summed E-state index contributed by atoms with van der Waals surface area (Å²) >= 11 is 0. The molecule has 0 amide bonds. The van der Waals surface area contributed by atoms with Gasteiger partial charge in [-0.1, -0.05) is 200 Å². The van der Waals surface area contributed by atoms with E-state index in [4.69, 9.17) is 0 Å². The number of piperidine rings is 3. The summed E-state index contributed by atoms with van der Waals surface area (Å²) in [5.41, 5.74) is 21.5. The number of nitrogens with zero attached hydrogens (tertiary/aromatic N) is 3. The zero-order valence-electron chi connectivity index (χ0n) is 60.2. The quantitative estimate of drug-likeness (QED) is 0.0328. The van der Waals surface area contributed by atoms with E-state index in [0.29, 0.717) is 43.1 Å². The van der Waals surface area contributed by atoms with Gasteiger partial charge in [0.25, 0.3) is 0 Å². The molecular formula is C93H107N3O6. The third-order valence-corrected chi connectivity index (χ3v) is 21.8. The van der Waals surface area contributed by atoms with Gasteiger partial charge in [-0.25, -0.2) is 0 Å². The summed E-state index contributed by atoms with van der Waals surface area (Å²) in [6, 6.07) is 83.6. The van der Waals surface area contributed by atoms with Crippen molar-refractivity contribution in [1.82, 2.24) is 14.7 Å². The molecule has 0 atom stereocenters. The molecule has 3 saturated heterocycles. The van der Waals surface area contributed by atoms with Crippen LogP contribution in [0.1, 0.15) is 201 Å². The number of likely N-dealkylation sites (tertiary alicyclic amines) is 3. The first-order chi connectivity index (χ1) is 50.0. The van der Waals surface area contributed by atoms with E-state index in [1.807, 2.05) is 54.6 Å². The van der Waals surface area contributed by atoms with Crippen LogP contribution in [0.15, 0.2) is 237 Å². The van der Waals surface area contributed by atoms with Crippen LogP contribution in [0.25, 0.3) is 33.4 Å². The van der Waals surface area contributed by atoms with Crippen molar-refractivity contribution in [2.45, 2.75) is 152 Å². The molecule has 0 aromatic heterocycles. The SMILES string of the molecule is CC(C)N1CCC(c2cccc(/C(=C(/CCCO)c3ccccc3)c3cccc(O)c3)c2)CC1.OCCC/C(=C(\c1ccc(O)cc1)c1cccc(C2CCN(C3CC3)CC2)c1)c1ccccc1.OCCC/C(=C(\c1cccc(O)c1)c1cccc(C2CCN(C3CC3)CC2)c1)c1ccccc1. The Kier molecular flexibility index (Phi) is 26.2. The lowest BCUT2D eigenvalue weighted by atomic mass is 9.83. The number of allylic oxidation sites excluding steroid dienone is 3. The van der Waals surface area contributed by atoms with E-state index in [1.165, 1.54) is 152 Å². The van der Waals surface area contributed by atoms with Crippen LogP contribution < -0.4 is 0 Å². The smallest absolute Gasteiger partial charge is 0.116 e. The fourth-order valence-corrected chi connectivity index (χ4v) is 16.1. The zero-order valence-corrected chi connectivity index (χ0v) is 60.2. The van der Waals surface area contributed by atoms with Crippen LogP contribution in [0.2, 0.25) is 0 Å². The first kappa shape index (κ1) is 73.1. The molecule has 0 unspecified atom stereocenters. The molecule has 9 nitrogen and oxygen atoms in total. The highest BCUT2D eigenvalue weighted by molar-refractivity contribution is 6.01. The van der Waals surface area contributed by atoms with Crippen molar-refractivity contribution in [1.29, 1.82) is 0 Å². The van der Waals surface area contributed by atoms with Crippen molar-refractivity contribution in [2.75, 3.05) is 59.1 Å². The highest BCUT2D eigenvalue weighted by Gasteiger charge is 2.34. The van der Waals surface area contributed by atoms with Crippen LogP contribution in [-0.2, 0) is 0 Å². The number of aromatic hydroxyl groups is 3. The van der Waals surface area contributed by atoms with E-state index < -0.39 is 0 Å². The summed E-state index contributed by atoms with van der Waals surface area (Å²) in [6.07, 6.45) is 17.3. The topological polar surface area (TPSA) is 131 Å². The van der Waals surface area contributed by atoms with Crippen molar-refractivity contribution in [3.63, 3.8) is 0 Å². The number of phenols is 3. The van der Waals surface area contributed by atoms with Gasteiger partial charge in [0.1, 0.15) is 17.2 Å². The van der Waals surface area contributed by atoms with Crippen molar-refractivity contribution < 1.29 is 30.6 Å². The Bertz CT molecular complexity index is 4020. The van der Waals surface area contributed by atoms with Crippen LogP contribution >= 0.6 is 0 Å². The summed E-state index contributed by atoms with van der Waals surface area (Å²) in [6.45, 7) is 12.2. The Labute approximate surface area is 607 Å². The normalized spacial score (nSPS) is 17.4. The molecule has 2 saturated carbocycles. The molecule has 0 radical (unpaired) electrons. The molecule has 6 N–H and O–H groups in total. The van der Waals surface area contributed by atoms with Gasteiger partial charge in [-0.3, -0.25) is 0 Å². The van der Waals surface area contributed by atoms with Crippen molar-refractivity contribution in [2.24, 2.45) is 0 Å². The van der Waals surface area contributed by atoms with Crippen molar-refractivity contribution in [3.05, 3.63) is 303 Å². The zero-order chi connectivity index (χ0) is 70.6. The summed E-state index contributed by atoms with van der Waals surface area (Å²) in [5.74, 6) is 2.58. The molecule has 9 aromatic rings. The standard InChI is InChI=1S/2C31H35NO2.C31H37NO2/c33-20-6-13-30(24-7-2-1-3-8-24)31(27-11-5-12-29(34)22-27)26-10-4-9-25(21-26)23-16-18-32(19-17-23)28-14-15-28;33-21-5-10-30(24-6-2-1-3-7-24)31(25-11-15-29(34)16-12-25)27-9-4-8-26(22-27)23-17-19-32(20-18-23)28-13-14-28;1-23(2)32-18-16-24(17-19-32)26-11-6-12-27(21-26)31(28-13-7-14-29(34)22-28)30(15-8-20-33)25-9-4-3-5-10-25/h1-5,7-12,21-23,28,33-34H,6,13-20H2;1-4,6-9,11-12,15-16,22-23,28,33-34H,5,10,13-14,17-21H2;3-7,9-14,21-24,33-34H,8,15-20H2,1-2H3/b31-30+;31-30-;31-30+. The number of aliphatic hydroxyl groups is 3. The Morgan fingerprint density at radius 2 is 0.598 bits per heavy atom. The summed E-state index contributed by atoms with van der Waals surface area (Å²) in [4.78, 5) is 7.94. The van der Waals surface area contributed by atoms with Gasteiger partial charge in [-0.2, -0.15) is 0 Å². The highest BCUT2D eigenvalue weighted by Crippen LogP contribution is 2.44. The Morgan fingerprint density at radius 3 is 0.902 bits per heavy atom. The van der Waals surface area contributed by atoms with Gasteiger partial charge in [0, 0.05) is 37.9 Å². The second-order valence-corrected chi connectivity index (χ2v) is 29.2. The molecule has 102 heavy (non-hydrogen) atoms. The lowest BCUT2D eigenvalue weighted by Gasteiger charge is -2.35. The molecule has 0 bridgehead atoms. The molecule has 5 fully saturated rings. The number of phenolic OH excluding ortho intramolecular Hbond substituents is 3. The fraction of sp³-hybridized carbons (Fsp3) is 0.355. The maximum atomic E-state index is 10.3. The molecule has 3 heterocycles. The molecule has 2 aliphatic carbocycles. The second-order valence-electron chi connectivity index (χ2n) is 29.2. The van der Waals surface area contributed by atoms with Gasteiger partial charge in [0.05, 0.1) is 0 Å². The summed E-state index contributed by atoms with van der Waals surface area (Å²) < 4.78 is 0. The Balaban J connectivity index is 0.000000144. The van der Waals surface area contributed by atoms with E-state index >= 15 is 0 Å². The second kappa shape index (κ2) is 36.5. The van der Waals surface area contributed by atoms with Crippen LogP contribution in [0.5, 0.6) is 17.2 Å². The van der Waals surface area contributed by atoms with Crippen LogP contribution in [0.3, 0.4) is 0 Å². The van der Waals surface area contributed by atoms with E-state index in [-0.39, 0.29) is 37.1 Å². The average molecular weight is 1360 g/mol. The van der Waals surface area contributed by atoms with E-state index in [0.717, 1.165) is 83.4 Å². The van der Waals surface area contributed by atoms with Crippen molar-refractivity contribution >= 4 is 33.4 Å². The molecule has 0 spiro atoms. The van der Waals surface area contributed by atoms with Gasteiger partial charge < -0.3 is 45.3 Å². The summed E-state index contributed by atoms with van der Waals surface area (Å²) in [7, 11) is 0. The maximum Gasteiger partial charge on any atom is 0.116 e. The molecule has 9 aromatic carbocycles. The number of aliphatic hydroxyl groups excluding tert-OH is 3. The van der Waals surface area contributed by atoms with Gasteiger partial charge in [-0.15, -0.1) is 0 Å². The van der Waals surface area contributed by atoms with E-state index in [1.54, 1.807) is 24.3 Å². The van der Waals surface area contributed by atoms with Crippen LogP contribution in [0, 0.1) is 0 Å². The minimum Gasteiger partial charge on any atom is -0.508 e. The largest absolute Gasteiger partial charge is 0.508 e. The monoisotopic (exact) mass is 1360 g/mol. The number of rotatable bonds is 24. The third kappa shape index (κ3) is 19.5. The van der Waals surface area contributed by atoms with Gasteiger partial charge in [-0.05, 0) is 310 Å². The number of hydrogen-bond donors (Lipinski definition) is 6. The average Bonchev–Trinajstić information content (AvgIpc) is 0.965. The Morgan fingerprint density at radius 1 is 0.304 bits per heavy atom. The van der Waals surface area contributed by atoms with Crippen LogP contribution in [-0.4, -0.2) is 123 Å². The van der Waals surface area contributed by atoms with E-state index in [9.17, 15) is 30.6 Å². The van der Waals surface area contributed by atoms with Crippen molar-refractivity contribution in [3.8, 4) is 17.2 Å². The predicted molar refractivity (Wildman–Crippen MR) is 422 cm³/mol. The number of benzene rings is 9. The van der Waals surface area contributed by atoms with Gasteiger partial charge in [0.2, 0.25) is 0 Å². The molecule has 9 heteroatoms. The lowest BCUT2D eigenvalue weighted by molar-refractivity contribution is 0.172. The molecule has 5 aliphatic rings. The van der Waals surface area contributed by atoms with Crippen LogP contribution in [0.4, 0.5) is 0 Å². The maximum absolute atomic E-state index is 10.3. The summed E-state index contributed by atoms with van der Waals surface area (Å²) in [5, 5.41) is 59.5. The predicted octanol–water partition coefficient (Wildman–Crippen LogP) is 19.6. The highest BCUT2D eigenvalue weighted by atomic mass is 16.3. The van der Waals surface area contributed by atoms with Gasteiger partial charge >= 0.3 is 0 Å². The Hall–Kier alpha value is -8.64. The molecule has 3 aliphatic heterocycles. The fourth-order valence-electron chi connectivity index (χ4n) is 16.1. The first-order valence-electron chi connectivity index (χ1n) is 38.1. The molecule has 14 rings (SSSR count). The minimum atomic E-state index is 0.151. The van der Waals surface area contributed by atoms with Gasteiger partial charge in [0.15, 0.2) is 0 Å². The first-order valence-corrected chi connectivity index (χ1v) is 38.1. The van der Waals surface area contributed by atoms with E-state index in [2.05, 4.69) is 186 Å². The molecular weight excluding hydrogens is 1260 g/mol. The molecule has 530 valence electrons.